The first kappa shape index (κ1) is 16.8. The van der Waals surface area contributed by atoms with Crippen LogP contribution in [0.4, 0.5) is 25.0 Å². The summed E-state index contributed by atoms with van der Waals surface area (Å²) >= 11 is 1.52. The minimum atomic E-state index is -2.69. The van der Waals surface area contributed by atoms with Crippen LogP contribution in [0.15, 0.2) is 24.5 Å². The first-order valence-corrected chi connectivity index (χ1v) is 8.91. The van der Waals surface area contributed by atoms with Crippen molar-refractivity contribution in [2.24, 2.45) is 0 Å². The molecule has 2 N–H and O–H groups in total. The maximum Gasteiger partial charge on any atom is 0.323 e. The van der Waals surface area contributed by atoms with Gasteiger partial charge in [0.05, 0.1) is 16.9 Å². The number of alkyl halides is 2. The summed E-state index contributed by atoms with van der Waals surface area (Å²) in [5.41, 5.74) is 2.29. The summed E-state index contributed by atoms with van der Waals surface area (Å²) in [7, 11) is 0. The molecule has 6 nitrogen and oxygen atoms in total. The van der Waals surface area contributed by atoms with Crippen LogP contribution in [0.25, 0.3) is 10.3 Å². The number of aryl methyl sites for hydroxylation is 1. The van der Waals surface area contributed by atoms with Gasteiger partial charge in [-0.3, -0.25) is 4.98 Å². The van der Waals surface area contributed by atoms with Crippen molar-refractivity contribution in [3.8, 4) is 0 Å². The highest BCUT2D eigenvalue weighted by Gasteiger charge is 2.30. The largest absolute Gasteiger partial charge is 0.323 e. The van der Waals surface area contributed by atoms with Crippen molar-refractivity contribution in [2.75, 3.05) is 10.6 Å². The average molecular weight is 375 g/mol. The lowest BCUT2D eigenvalue weighted by Crippen LogP contribution is -2.20. The summed E-state index contributed by atoms with van der Waals surface area (Å²) in [6.45, 7) is 1.92. The van der Waals surface area contributed by atoms with Crippen molar-refractivity contribution in [2.45, 2.75) is 32.1 Å². The number of nitrogens with zero attached hydrogens (tertiary/aromatic N) is 3. The van der Waals surface area contributed by atoms with Gasteiger partial charge in [-0.05, 0) is 37.8 Å². The molecule has 1 saturated carbocycles. The van der Waals surface area contributed by atoms with Crippen molar-refractivity contribution in [1.29, 1.82) is 0 Å². The summed E-state index contributed by atoms with van der Waals surface area (Å²) in [6.07, 6.45) is 2.27. The maximum absolute atomic E-state index is 12.7. The number of hydrogen-bond donors (Lipinski definition) is 2. The van der Waals surface area contributed by atoms with E-state index >= 15 is 0 Å². The summed E-state index contributed by atoms with van der Waals surface area (Å²) in [5.74, 6) is 0.365. The molecule has 134 valence electrons. The number of halogens is 2. The molecule has 3 aromatic heterocycles. The summed E-state index contributed by atoms with van der Waals surface area (Å²) < 4.78 is 25.5. The van der Waals surface area contributed by atoms with E-state index in [2.05, 4.69) is 25.6 Å². The van der Waals surface area contributed by atoms with Crippen molar-refractivity contribution in [3.05, 3.63) is 40.8 Å². The van der Waals surface area contributed by atoms with Crippen LogP contribution in [-0.2, 0) is 0 Å². The molecule has 2 amide bonds. The van der Waals surface area contributed by atoms with Crippen LogP contribution in [-0.4, -0.2) is 21.0 Å². The standard InChI is InChI=1S/C17H15F2N5OS/c1-8-22-14-13(9-2-3-9)12(7-21-16(14)26-8)24-17(25)23-10-4-5-20-11(6-10)15(18)19/h4-7,9,15H,2-3H2,1H3,(H2,20,23,24,25). The Hall–Kier alpha value is -2.68. The van der Waals surface area contributed by atoms with Gasteiger partial charge >= 0.3 is 6.03 Å². The van der Waals surface area contributed by atoms with Gasteiger partial charge < -0.3 is 10.6 Å². The van der Waals surface area contributed by atoms with Gasteiger partial charge in [0.25, 0.3) is 6.43 Å². The zero-order valence-electron chi connectivity index (χ0n) is 13.8. The third-order valence-corrected chi connectivity index (χ3v) is 4.95. The van der Waals surface area contributed by atoms with Gasteiger partial charge in [-0.25, -0.2) is 23.5 Å². The molecule has 0 unspecified atom stereocenters. The monoisotopic (exact) mass is 375 g/mol. The summed E-state index contributed by atoms with van der Waals surface area (Å²) in [4.78, 5) is 25.7. The second-order valence-corrected chi connectivity index (χ2v) is 7.28. The van der Waals surface area contributed by atoms with Gasteiger partial charge in [-0.1, -0.05) is 11.3 Å². The van der Waals surface area contributed by atoms with E-state index in [1.807, 2.05) is 6.92 Å². The van der Waals surface area contributed by atoms with Crippen LogP contribution in [0.3, 0.4) is 0 Å². The smallest absolute Gasteiger partial charge is 0.308 e. The lowest BCUT2D eigenvalue weighted by atomic mass is 10.1. The number of hydrogen-bond acceptors (Lipinski definition) is 5. The van der Waals surface area contributed by atoms with Gasteiger partial charge in [0.2, 0.25) is 0 Å². The van der Waals surface area contributed by atoms with Gasteiger partial charge in [0.1, 0.15) is 16.0 Å². The molecular formula is C17H15F2N5OS. The molecule has 0 bridgehead atoms. The van der Waals surface area contributed by atoms with Gasteiger partial charge in [0, 0.05) is 17.4 Å². The van der Waals surface area contributed by atoms with E-state index in [0.29, 0.717) is 11.6 Å². The molecule has 4 rings (SSSR count). The third-order valence-electron chi connectivity index (χ3n) is 4.07. The fourth-order valence-corrected chi connectivity index (χ4v) is 3.59. The van der Waals surface area contributed by atoms with E-state index in [-0.39, 0.29) is 11.4 Å². The second kappa shape index (κ2) is 6.56. The number of nitrogens with one attached hydrogen (secondary N) is 2. The number of carbonyl (C=O) groups excluding carboxylic acids is 1. The Morgan fingerprint density at radius 2 is 2.12 bits per heavy atom. The normalized spacial score (nSPS) is 14.0. The predicted octanol–water partition coefficient (Wildman–Crippen LogP) is 4.85. The minimum Gasteiger partial charge on any atom is -0.308 e. The molecule has 0 atom stereocenters. The van der Waals surface area contributed by atoms with E-state index in [1.165, 1.54) is 23.6 Å². The van der Waals surface area contributed by atoms with Crippen LogP contribution in [0.5, 0.6) is 0 Å². The van der Waals surface area contributed by atoms with E-state index < -0.39 is 12.5 Å². The SMILES string of the molecule is Cc1nc2c(C3CC3)c(NC(=O)Nc3ccnc(C(F)F)c3)cnc2s1. The number of amides is 2. The summed E-state index contributed by atoms with van der Waals surface area (Å²) in [6, 6.07) is 2.09. The molecule has 0 aromatic carbocycles. The van der Waals surface area contributed by atoms with Crippen molar-refractivity contribution in [3.63, 3.8) is 0 Å². The van der Waals surface area contributed by atoms with Crippen molar-refractivity contribution >= 4 is 39.1 Å². The fourth-order valence-electron chi connectivity index (χ4n) is 2.81. The molecule has 0 radical (unpaired) electrons. The van der Waals surface area contributed by atoms with E-state index in [0.717, 1.165) is 39.8 Å². The zero-order chi connectivity index (χ0) is 18.3. The molecule has 1 aliphatic carbocycles. The molecule has 1 fully saturated rings. The highest BCUT2D eigenvalue weighted by atomic mass is 32.1. The zero-order valence-corrected chi connectivity index (χ0v) is 14.6. The Morgan fingerprint density at radius 3 is 2.85 bits per heavy atom. The first-order valence-electron chi connectivity index (χ1n) is 8.09. The second-order valence-electron chi connectivity index (χ2n) is 6.10. The Bertz CT molecular complexity index is 986. The lowest BCUT2D eigenvalue weighted by molar-refractivity contribution is 0.146. The van der Waals surface area contributed by atoms with Crippen LogP contribution >= 0.6 is 11.3 Å². The van der Waals surface area contributed by atoms with E-state index in [1.54, 1.807) is 6.20 Å². The van der Waals surface area contributed by atoms with Gasteiger partial charge in [0.15, 0.2) is 0 Å². The van der Waals surface area contributed by atoms with Gasteiger partial charge in [-0.15, -0.1) is 0 Å². The molecule has 1 aliphatic rings. The minimum absolute atomic E-state index is 0.249. The molecule has 3 heterocycles. The Morgan fingerprint density at radius 1 is 1.31 bits per heavy atom. The number of thiazole rings is 1. The van der Waals surface area contributed by atoms with Crippen LogP contribution in [0.2, 0.25) is 0 Å². The molecule has 0 saturated heterocycles. The topological polar surface area (TPSA) is 79.8 Å². The van der Waals surface area contributed by atoms with Gasteiger partial charge in [-0.2, -0.15) is 0 Å². The first-order chi connectivity index (χ1) is 12.5. The maximum atomic E-state index is 12.7. The predicted molar refractivity (Wildman–Crippen MR) is 96.0 cm³/mol. The van der Waals surface area contributed by atoms with Crippen LogP contribution in [0, 0.1) is 6.92 Å². The van der Waals surface area contributed by atoms with Crippen molar-refractivity contribution < 1.29 is 13.6 Å². The highest BCUT2D eigenvalue weighted by molar-refractivity contribution is 7.18. The molecule has 26 heavy (non-hydrogen) atoms. The van der Waals surface area contributed by atoms with Crippen molar-refractivity contribution in [1.82, 2.24) is 15.0 Å². The number of aromatic nitrogens is 3. The number of urea groups is 1. The molecular weight excluding hydrogens is 360 g/mol. The number of rotatable bonds is 4. The number of carbonyl (C=O) groups is 1. The molecule has 3 aromatic rings. The van der Waals surface area contributed by atoms with Crippen LogP contribution < -0.4 is 10.6 Å². The number of anilines is 2. The number of fused-ring (bicyclic) bond motifs is 1. The third kappa shape index (κ3) is 3.34. The fraction of sp³-hybridized carbons (Fsp3) is 0.294. The highest BCUT2D eigenvalue weighted by Crippen LogP contribution is 2.46. The van der Waals surface area contributed by atoms with Crippen LogP contribution in [0.1, 0.15) is 41.4 Å². The quantitative estimate of drug-likeness (QED) is 0.683. The van der Waals surface area contributed by atoms with E-state index in [4.69, 9.17) is 0 Å². The molecule has 0 spiro atoms. The van der Waals surface area contributed by atoms with E-state index in [9.17, 15) is 13.6 Å². The number of pyridine rings is 2. The Labute approximate surface area is 151 Å². The Balaban J connectivity index is 1.58. The lowest BCUT2D eigenvalue weighted by Gasteiger charge is -2.12. The summed E-state index contributed by atoms with van der Waals surface area (Å²) in [5, 5.41) is 6.25. The molecule has 0 aliphatic heterocycles. The average Bonchev–Trinajstić information content (AvgIpc) is 3.35. The Kier molecular flexibility index (Phi) is 4.23. The molecule has 9 heteroatoms.